The number of para-hydroxylation sites is 2. The Morgan fingerprint density at radius 2 is 1.88 bits per heavy atom. The first-order valence-corrected chi connectivity index (χ1v) is 8.46. The molecule has 0 N–H and O–H groups in total. The Balaban J connectivity index is 1.99. The lowest BCUT2D eigenvalue weighted by Gasteiger charge is -2.29. The molecule has 1 heterocycles. The first-order chi connectivity index (χ1) is 11.6. The van der Waals surface area contributed by atoms with Crippen molar-refractivity contribution in [3.63, 3.8) is 0 Å². The van der Waals surface area contributed by atoms with Crippen LogP contribution in [0.3, 0.4) is 0 Å². The number of ether oxygens (including phenoxy) is 2. The summed E-state index contributed by atoms with van der Waals surface area (Å²) in [5.41, 5.74) is 0. The molecule has 2 rings (SSSR count). The molecule has 0 radical (unpaired) electrons. The van der Waals surface area contributed by atoms with Crippen LogP contribution < -0.4 is 9.47 Å². The maximum Gasteiger partial charge on any atom is 0.261 e. The number of methoxy groups -OCH3 is 1. The highest BCUT2D eigenvalue weighted by Crippen LogP contribution is 2.26. The van der Waals surface area contributed by atoms with E-state index >= 15 is 0 Å². The summed E-state index contributed by atoms with van der Waals surface area (Å²) in [5, 5.41) is 0. The standard InChI is InChI=1S/C18H26N2O4/c1-4-19(5-2)18(22)14-9-8-12-20(14)17(21)13-24-16-11-7-6-10-15(16)23-3/h6-7,10-11,14H,4-5,8-9,12-13H2,1-3H3/t14-/m1/s1. The van der Waals surface area contributed by atoms with Crippen LogP contribution in [0.15, 0.2) is 24.3 Å². The minimum absolute atomic E-state index is 0.0307. The minimum Gasteiger partial charge on any atom is -0.493 e. The maximum atomic E-state index is 12.6. The molecule has 132 valence electrons. The Morgan fingerprint density at radius 3 is 2.50 bits per heavy atom. The molecule has 1 aromatic carbocycles. The highest BCUT2D eigenvalue weighted by atomic mass is 16.5. The average molecular weight is 334 g/mol. The number of likely N-dealkylation sites (N-methyl/N-ethyl adjacent to an activating group) is 1. The predicted molar refractivity (Wildman–Crippen MR) is 91.2 cm³/mol. The normalized spacial score (nSPS) is 16.8. The van der Waals surface area contributed by atoms with Crippen molar-refractivity contribution in [2.75, 3.05) is 33.4 Å². The number of amides is 2. The zero-order valence-electron chi connectivity index (χ0n) is 14.7. The Labute approximate surface area is 143 Å². The molecule has 2 amide bonds. The molecule has 0 saturated carbocycles. The third-order valence-electron chi connectivity index (χ3n) is 4.35. The van der Waals surface area contributed by atoms with Crippen LogP contribution >= 0.6 is 0 Å². The third-order valence-corrected chi connectivity index (χ3v) is 4.35. The second-order valence-corrected chi connectivity index (χ2v) is 5.70. The predicted octanol–water partition coefficient (Wildman–Crippen LogP) is 1.93. The minimum atomic E-state index is -0.362. The summed E-state index contributed by atoms with van der Waals surface area (Å²) in [5.74, 6) is 0.980. The lowest BCUT2D eigenvalue weighted by atomic mass is 10.2. The zero-order chi connectivity index (χ0) is 17.5. The molecule has 0 unspecified atom stereocenters. The van der Waals surface area contributed by atoms with Gasteiger partial charge in [0.05, 0.1) is 7.11 Å². The van der Waals surface area contributed by atoms with Gasteiger partial charge < -0.3 is 19.3 Å². The van der Waals surface area contributed by atoms with E-state index < -0.39 is 0 Å². The Hall–Kier alpha value is -2.24. The maximum absolute atomic E-state index is 12.6. The van der Waals surface area contributed by atoms with Gasteiger partial charge in [0, 0.05) is 19.6 Å². The van der Waals surface area contributed by atoms with Gasteiger partial charge in [0.1, 0.15) is 6.04 Å². The summed E-state index contributed by atoms with van der Waals surface area (Å²) >= 11 is 0. The van der Waals surface area contributed by atoms with E-state index in [4.69, 9.17) is 9.47 Å². The van der Waals surface area contributed by atoms with Gasteiger partial charge in [-0.1, -0.05) is 12.1 Å². The summed E-state index contributed by atoms with van der Waals surface area (Å²) < 4.78 is 10.8. The number of benzene rings is 1. The Kier molecular flexibility index (Phi) is 6.46. The summed E-state index contributed by atoms with van der Waals surface area (Å²) in [4.78, 5) is 28.5. The van der Waals surface area contributed by atoms with Crippen molar-refractivity contribution in [1.82, 2.24) is 9.80 Å². The molecular weight excluding hydrogens is 308 g/mol. The first kappa shape index (κ1) is 18.1. The van der Waals surface area contributed by atoms with Gasteiger partial charge in [-0.2, -0.15) is 0 Å². The molecule has 1 fully saturated rings. The lowest BCUT2D eigenvalue weighted by Crippen LogP contribution is -2.48. The fraction of sp³-hybridized carbons (Fsp3) is 0.556. The third kappa shape index (κ3) is 3.99. The van der Waals surface area contributed by atoms with E-state index in [2.05, 4.69) is 0 Å². The van der Waals surface area contributed by atoms with Crippen molar-refractivity contribution in [1.29, 1.82) is 0 Å². The van der Waals surface area contributed by atoms with Gasteiger partial charge in [0.25, 0.3) is 5.91 Å². The summed E-state index contributed by atoms with van der Waals surface area (Å²) in [7, 11) is 1.56. The van der Waals surface area contributed by atoms with Crippen molar-refractivity contribution < 1.29 is 19.1 Å². The molecule has 1 aliphatic rings. The fourth-order valence-corrected chi connectivity index (χ4v) is 3.03. The van der Waals surface area contributed by atoms with E-state index in [1.54, 1.807) is 29.0 Å². The number of hydrogen-bond acceptors (Lipinski definition) is 4. The monoisotopic (exact) mass is 334 g/mol. The molecule has 0 aliphatic carbocycles. The lowest BCUT2D eigenvalue weighted by molar-refractivity contribution is -0.144. The molecule has 1 atom stereocenters. The second kappa shape index (κ2) is 8.57. The van der Waals surface area contributed by atoms with Crippen LogP contribution in [0.5, 0.6) is 11.5 Å². The topological polar surface area (TPSA) is 59.1 Å². The van der Waals surface area contributed by atoms with Gasteiger partial charge >= 0.3 is 0 Å². The van der Waals surface area contributed by atoms with Crippen molar-refractivity contribution >= 4 is 11.8 Å². The zero-order valence-corrected chi connectivity index (χ0v) is 14.7. The Bertz CT molecular complexity index is 572. The van der Waals surface area contributed by atoms with Gasteiger partial charge in [-0.3, -0.25) is 9.59 Å². The van der Waals surface area contributed by atoms with Crippen LogP contribution in [-0.4, -0.2) is 61.0 Å². The van der Waals surface area contributed by atoms with Crippen LogP contribution in [0, 0.1) is 0 Å². The molecule has 6 heteroatoms. The number of carbonyl (C=O) groups excluding carboxylic acids is 2. The molecule has 1 aromatic rings. The van der Waals surface area contributed by atoms with E-state index in [9.17, 15) is 9.59 Å². The molecule has 0 spiro atoms. The van der Waals surface area contributed by atoms with E-state index in [1.807, 2.05) is 26.0 Å². The average Bonchev–Trinajstić information content (AvgIpc) is 3.10. The Morgan fingerprint density at radius 1 is 1.21 bits per heavy atom. The van der Waals surface area contributed by atoms with Gasteiger partial charge in [-0.15, -0.1) is 0 Å². The van der Waals surface area contributed by atoms with Crippen LogP contribution in [0.1, 0.15) is 26.7 Å². The summed E-state index contributed by atoms with van der Waals surface area (Å²) in [6.45, 7) is 5.73. The first-order valence-electron chi connectivity index (χ1n) is 8.46. The van der Waals surface area contributed by atoms with Crippen LogP contribution in [0.2, 0.25) is 0 Å². The SMILES string of the molecule is CCN(CC)C(=O)[C@H]1CCCN1C(=O)COc1ccccc1OC. The molecule has 0 aromatic heterocycles. The van der Waals surface area contributed by atoms with Gasteiger partial charge in [-0.25, -0.2) is 0 Å². The number of likely N-dealkylation sites (tertiary alicyclic amines) is 1. The van der Waals surface area contributed by atoms with Crippen molar-refractivity contribution in [3.8, 4) is 11.5 Å². The fourth-order valence-electron chi connectivity index (χ4n) is 3.03. The quantitative estimate of drug-likeness (QED) is 0.764. The van der Waals surface area contributed by atoms with Gasteiger partial charge in [0.2, 0.25) is 5.91 Å². The van der Waals surface area contributed by atoms with E-state index in [0.29, 0.717) is 31.1 Å². The largest absolute Gasteiger partial charge is 0.493 e. The highest BCUT2D eigenvalue weighted by Gasteiger charge is 2.35. The molecule has 6 nitrogen and oxygen atoms in total. The van der Waals surface area contributed by atoms with Crippen molar-refractivity contribution in [2.24, 2.45) is 0 Å². The molecule has 0 bridgehead atoms. The molecule has 1 aliphatic heterocycles. The molecule has 1 saturated heterocycles. The van der Waals surface area contributed by atoms with Gasteiger partial charge in [-0.05, 0) is 38.8 Å². The number of carbonyl (C=O) groups is 2. The molecular formula is C18H26N2O4. The summed E-state index contributed by atoms with van der Waals surface area (Å²) in [6.07, 6.45) is 1.56. The number of hydrogen-bond donors (Lipinski definition) is 0. The van der Waals surface area contributed by atoms with Gasteiger partial charge in [0.15, 0.2) is 18.1 Å². The van der Waals surface area contributed by atoms with Crippen LogP contribution in [0.25, 0.3) is 0 Å². The van der Waals surface area contributed by atoms with Crippen molar-refractivity contribution in [2.45, 2.75) is 32.7 Å². The molecule has 24 heavy (non-hydrogen) atoms. The van der Waals surface area contributed by atoms with Crippen molar-refractivity contribution in [3.05, 3.63) is 24.3 Å². The summed E-state index contributed by atoms with van der Waals surface area (Å²) in [6, 6.07) is 6.84. The smallest absolute Gasteiger partial charge is 0.261 e. The van der Waals surface area contributed by atoms with E-state index in [0.717, 1.165) is 12.8 Å². The highest BCUT2D eigenvalue weighted by molar-refractivity contribution is 5.88. The number of rotatable bonds is 7. The second-order valence-electron chi connectivity index (χ2n) is 5.70. The van der Waals surface area contributed by atoms with E-state index in [-0.39, 0.29) is 24.5 Å². The van der Waals surface area contributed by atoms with Crippen LogP contribution in [-0.2, 0) is 9.59 Å². The van der Waals surface area contributed by atoms with E-state index in [1.165, 1.54) is 0 Å². The number of nitrogens with zero attached hydrogens (tertiary/aromatic N) is 2. The van der Waals surface area contributed by atoms with Crippen LogP contribution in [0.4, 0.5) is 0 Å².